The molecule has 2 heterocycles. The molecule has 0 saturated heterocycles. The van der Waals surface area contributed by atoms with Crippen LogP contribution in [-0.2, 0) is 20.0 Å². The molecule has 0 fully saturated rings. The summed E-state index contributed by atoms with van der Waals surface area (Å²) in [5, 5.41) is 22.3. The number of aliphatic hydroxyl groups is 1. The molecule has 3 rings (SSSR count). The van der Waals surface area contributed by atoms with E-state index < -0.39 is 42.5 Å². The molecule has 31 heavy (non-hydrogen) atoms. The summed E-state index contributed by atoms with van der Waals surface area (Å²) < 4.78 is 53.3. The van der Waals surface area contributed by atoms with E-state index in [1.165, 1.54) is 18.3 Å². The number of benzene rings is 1. The Labute approximate surface area is 178 Å². The molecule has 0 spiro atoms. The van der Waals surface area contributed by atoms with Crippen molar-refractivity contribution in [3.8, 4) is 11.1 Å². The fourth-order valence-electron chi connectivity index (χ4n) is 2.94. The van der Waals surface area contributed by atoms with Crippen molar-refractivity contribution < 1.29 is 21.9 Å². The van der Waals surface area contributed by atoms with E-state index in [0.29, 0.717) is 5.56 Å². The lowest BCUT2D eigenvalue weighted by atomic mass is 9.99. The minimum absolute atomic E-state index is 0.0632. The fourth-order valence-corrected chi connectivity index (χ4v) is 5.78. The number of aliphatic imine (C=N–C) groups is 1. The van der Waals surface area contributed by atoms with Gasteiger partial charge in [0.15, 0.2) is 12.5 Å². The van der Waals surface area contributed by atoms with Crippen LogP contribution < -0.4 is 21.3 Å². The Balaban J connectivity index is 2.38. The van der Waals surface area contributed by atoms with E-state index in [-0.39, 0.29) is 36.0 Å². The third-order valence-corrected chi connectivity index (χ3v) is 6.97. The summed E-state index contributed by atoms with van der Waals surface area (Å²) in [6.07, 6.45) is 1.41. The van der Waals surface area contributed by atoms with Gasteiger partial charge in [0.1, 0.15) is 15.6 Å². The summed E-state index contributed by atoms with van der Waals surface area (Å²) >= 11 is 0. The zero-order chi connectivity index (χ0) is 22.8. The molecule has 0 unspecified atom stereocenters. The molecule has 1 aromatic heterocycles. The third-order valence-electron chi connectivity index (χ3n) is 4.29. The molecular weight excluding hydrogens is 448 g/mol. The lowest BCUT2D eigenvalue weighted by Gasteiger charge is -2.19. The number of pyridine rings is 1. The van der Waals surface area contributed by atoms with Gasteiger partial charge in [-0.2, -0.15) is 5.11 Å². The van der Waals surface area contributed by atoms with Gasteiger partial charge >= 0.3 is 0 Å². The number of hydrogen-bond donors (Lipinski definition) is 5. The number of nitrogens with one attached hydrogen (secondary N) is 1. The van der Waals surface area contributed by atoms with Crippen molar-refractivity contribution in [3.63, 3.8) is 0 Å². The van der Waals surface area contributed by atoms with Crippen molar-refractivity contribution in [1.82, 2.24) is 9.71 Å². The second-order valence-corrected chi connectivity index (χ2v) is 9.61. The van der Waals surface area contributed by atoms with Crippen molar-refractivity contribution >= 4 is 31.7 Å². The van der Waals surface area contributed by atoms with Gasteiger partial charge in [-0.1, -0.05) is 6.07 Å². The Morgan fingerprint density at radius 2 is 1.94 bits per heavy atom. The maximum Gasteiger partial charge on any atom is 0.242 e. The summed E-state index contributed by atoms with van der Waals surface area (Å²) in [6.45, 7) is -0.877. The lowest BCUT2D eigenvalue weighted by molar-refractivity contribution is 0.259. The highest BCUT2D eigenvalue weighted by atomic mass is 32.2. The first-order chi connectivity index (χ1) is 14.6. The Morgan fingerprint density at radius 1 is 1.19 bits per heavy atom. The molecule has 1 aliphatic heterocycles. The summed E-state index contributed by atoms with van der Waals surface area (Å²) in [6, 6.07) is 4.44. The molecule has 1 aliphatic rings. The lowest BCUT2D eigenvalue weighted by Crippen LogP contribution is -2.43. The van der Waals surface area contributed by atoms with Crippen LogP contribution in [0.2, 0.25) is 0 Å². The van der Waals surface area contributed by atoms with Gasteiger partial charge in [0.05, 0.1) is 18.2 Å². The number of nitrogens with two attached hydrogens (primary N) is 3. The molecule has 1 aromatic carbocycles. The second-order valence-electron chi connectivity index (χ2n) is 6.43. The fraction of sp³-hybridized carbons (Fsp3) is 0.250. The third kappa shape index (κ3) is 4.76. The maximum absolute atomic E-state index is 13.0. The first-order valence-electron chi connectivity index (χ1n) is 8.75. The molecule has 0 saturated carbocycles. The van der Waals surface area contributed by atoms with E-state index in [2.05, 4.69) is 24.9 Å². The van der Waals surface area contributed by atoms with Crippen LogP contribution in [0.5, 0.6) is 0 Å². The monoisotopic (exact) mass is 468 g/mol. The molecule has 0 bridgehead atoms. The van der Waals surface area contributed by atoms with E-state index >= 15 is 0 Å². The van der Waals surface area contributed by atoms with Crippen molar-refractivity contribution in [1.29, 1.82) is 0 Å². The first-order valence-corrected chi connectivity index (χ1v) is 11.8. The van der Waals surface area contributed by atoms with E-state index in [0.717, 1.165) is 6.07 Å². The van der Waals surface area contributed by atoms with Crippen LogP contribution >= 0.6 is 0 Å². The molecule has 2 aromatic rings. The van der Waals surface area contributed by atoms with E-state index in [1.54, 1.807) is 6.07 Å². The number of aliphatic hydroxyl groups excluding tert-OH is 1. The van der Waals surface area contributed by atoms with E-state index in [1.807, 2.05) is 0 Å². The molecule has 15 heteroatoms. The van der Waals surface area contributed by atoms with Gasteiger partial charge in [0.25, 0.3) is 0 Å². The summed E-state index contributed by atoms with van der Waals surface area (Å²) in [4.78, 5) is 6.57. The maximum atomic E-state index is 13.0. The van der Waals surface area contributed by atoms with Crippen molar-refractivity contribution in [3.05, 3.63) is 36.0 Å². The highest BCUT2D eigenvalue weighted by Gasteiger charge is 2.33. The van der Waals surface area contributed by atoms with Gasteiger partial charge in [-0.25, -0.2) is 36.7 Å². The molecule has 0 amide bonds. The zero-order valence-corrected chi connectivity index (χ0v) is 17.6. The topological polar surface area (TPSA) is 229 Å². The number of rotatable bonds is 8. The minimum atomic E-state index is -4.62. The standard InChI is InChI=1S/C16H20N8O5S2/c17-6-10(7-25)24-31(28,29)12-2-1-11(9-3-4-20-13(18)5-9)14(15(12)30(19,26)27)16-21-8-22-23-16/h1-5,10,24-25H,6-8,17H2,(H2,18,20)(H2,19,26,27)/t10-/m0/s1. The highest BCUT2D eigenvalue weighted by molar-refractivity contribution is 7.92. The van der Waals surface area contributed by atoms with Gasteiger partial charge < -0.3 is 16.6 Å². The predicted molar refractivity (Wildman–Crippen MR) is 112 cm³/mol. The molecule has 0 aliphatic carbocycles. The van der Waals surface area contributed by atoms with Gasteiger partial charge in [0, 0.05) is 12.7 Å². The van der Waals surface area contributed by atoms with Gasteiger partial charge in [0.2, 0.25) is 20.0 Å². The Bertz CT molecular complexity index is 1270. The molecule has 13 nitrogen and oxygen atoms in total. The van der Waals surface area contributed by atoms with E-state index in [4.69, 9.17) is 16.6 Å². The Morgan fingerprint density at radius 3 is 2.48 bits per heavy atom. The smallest absolute Gasteiger partial charge is 0.242 e. The first kappa shape index (κ1) is 22.9. The molecule has 1 atom stereocenters. The normalized spacial score (nSPS) is 15.1. The average Bonchev–Trinajstić information content (AvgIpc) is 3.25. The average molecular weight is 469 g/mol. The highest BCUT2D eigenvalue weighted by Crippen LogP contribution is 2.35. The van der Waals surface area contributed by atoms with Gasteiger partial charge in [-0.15, -0.1) is 5.11 Å². The quantitative estimate of drug-likeness (QED) is 0.313. The Hall–Kier alpha value is -2.82. The van der Waals surface area contributed by atoms with Crippen LogP contribution in [0.4, 0.5) is 5.82 Å². The summed E-state index contributed by atoms with van der Waals surface area (Å²) in [5.41, 5.74) is 11.7. The number of amidine groups is 1. The van der Waals surface area contributed by atoms with Gasteiger partial charge in [-0.05, 0) is 29.3 Å². The van der Waals surface area contributed by atoms with Crippen LogP contribution in [-0.4, -0.2) is 58.6 Å². The molecule has 8 N–H and O–H groups in total. The number of nitrogens with zero attached hydrogens (tertiary/aromatic N) is 4. The SMILES string of the molecule is NC[C@@H](CO)NS(=O)(=O)c1ccc(-c2ccnc(N)c2)c(C2=NCN=N2)c1S(N)(=O)=O. The number of nitrogen functional groups attached to an aromatic ring is 1. The number of aromatic nitrogens is 1. The van der Waals surface area contributed by atoms with Crippen LogP contribution in [0.25, 0.3) is 11.1 Å². The number of hydrogen-bond acceptors (Lipinski definition) is 11. The van der Waals surface area contributed by atoms with Crippen LogP contribution in [0.15, 0.2) is 55.5 Å². The number of sulfonamides is 2. The summed E-state index contributed by atoms with van der Waals surface area (Å²) in [7, 11) is -9.09. The molecular formula is C16H20N8O5S2. The van der Waals surface area contributed by atoms with Crippen LogP contribution in [0, 0.1) is 0 Å². The predicted octanol–water partition coefficient (Wildman–Crippen LogP) is -1.25. The van der Waals surface area contributed by atoms with Gasteiger partial charge in [-0.3, -0.25) is 0 Å². The Kier molecular flexibility index (Phi) is 6.44. The number of azo groups is 1. The molecule has 0 radical (unpaired) electrons. The number of primary sulfonamides is 1. The van der Waals surface area contributed by atoms with Crippen molar-refractivity contribution in [2.75, 3.05) is 25.6 Å². The van der Waals surface area contributed by atoms with E-state index in [9.17, 15) is 21.9 Å². The minimum Gasteiger partial charge on any atom is -0.395 e. The van der Waals surface area contributed by atoms with Crippen LogP contribution in [0.3, 0.4) is 0 Å². The van der Waals surface area contributed by atoms with Crippen molar-refractivity contribution in [2.45, 2.75) is 15.8 Å². The zero-order valence-electron chi connectivity index (χ0n) is 16.0. The van der Waals surface area contributed by atoms with Crippen molar-refractivity contribution in [2.24, 2.45) is 26.1 Å². The molecule has 166 valence electrons. The second kappa shape index (κ2) is 8.74. The number of anilines is 1. The summed E-state index contributed by atoms with van der Waals surface area (Å²) in [5.74, 6) is 0.0479. The van der Waals surface area contributed by atoms with Crippen LogP contribution in [0.1, 0.15) is 5.56 Å². The largest absolute Gasteiger partial charge is 0.395 e.